The monoisotopic (exact) mass is 395 g/mol. The molecule has 2 aromatic carbocycles. The molecule has 1 amide bonds. The molecule has 0 aromatic heterocycles. The Morgan fingerprint density at radius 3 is 2.55 bits per heavy atom. The highest BCUT2D eigenvalue weighted by Crippen LogP contribution is 2.45. The van der Waals surface area contributed by atoms with E-state index < -0.39 is 5.92 Å². The van der Waals surface area contributed by atoms with Crippen LogP contribution in [-0.2, 0) is 9.59 Å². The first kappa shape index (κ1) is 19.2. The minimum absolute atomic E-state index is 0.0321. The smallest absolute Gasteiger partial charge is 0.225 e. The molecule has 1 heterocycles. The lowest BCUT2D eigenvalue weighted by atomic mass is 9.73. The fourth-order valence-electron chi connectivity index (χ4n) is 4.35. The summed E-state index contributed by atoms with van der Waals surface area (Å²) in [5.74, 6) is 0.222. The number of carbonyl (C=O) groups is 2. The molecule has 4 rings (SSSR count). The van der Waals surface area contributed by atoms with Crippen molar-refractivity contribution in [2.24, 2.45) is 0 Å². The van der Waals surface area contributed by atoms with Crippen LogP contribution in [-0.4, -0.2) is 25.9 Å². The van der Waals surface area contributed by atoms with E-state index in [1.165, 1.54) is 12.1 Å². The highest BCUT2D eigenvalue weighted by Gasteiger charge is 2.39. The van der Waals surface area contributed by atoms with E-state index in [0.717, 1.165) is 5.56 Å². The maximum Gasteiger partial charge on any atom is 0.225 e. The third-order valence-electron chi connectivity index (χ3n) is 5.66. The third kappa shape index (κ3) is 3.62. The minimum Gasteiger partial charge on any atom is -0.497 e. The summed E-state index contributed by atoms with van der Waals surface area (Å²) in [6.45, 7) is 0. The summed E-state index contributed by atoms with van der Waals surface area (Å²) in [5, 5.41) is 2.88. The fraction of sp³-hybridized carbons (Fsp3) is 0.304. The van der Waals surface area contributed by atoms with E-state index in [2.05, 4.69) is 5.32 Å². The fourth-order valence-corrected chi connectivity index (χ4v) is 4.35. The van der Waals surface area contributed by atoms with Gasteiger partial charge in [0, 0.05) is 41.5 Å². The van der Waals surface area contributed by atoms with Crippen molar-refractivity contribution >= 4 is 11.7 Å². The highest BCUT2D eigenvalue weighted by molar-refractivity contribution is 6.02. The molecular weight excluding hydrogens is 373 g/mol. The van der Waals surface area contributed by atoms with Crippen LogP contribution in [0.5, 0.6) is 11.5 Å². The summed E-state index contributed by atoms with van der Waals surface area (Å²) < 4.78 is 24.6. The predicted octanol–water partition coefficient (Wildman–Crippen LogP) is 3.85. The number of nitrogens with one attached hydrogen (secondary N) is 1. The molecule has 0 saturated heterocycles. The Morgan fingerprint density at radius 1 is 1.00 bits per heavy atom. The summed E-state index contributed by atoms with van der Waals surface area (Å²) in [7, 11) is 3.17. The second-order valence-electron chi connectivity index (χ2n) is 7.39. The van der Waals surface area contributed by atoms with Gasteiger partial charge in [0.25, 0.3) is 0 Å². The van der Waals surface area contributed by atoms with E-state index in [1.807, 2.05) is 12.1 Å². The van der Waals surface area contributed by atoms with E-state index in [1.54, 1.807) is 32.4 Å². The number of carbonyl (C=O) groups excluding carboxylic acids is 2. The lowest BCUT2D eigenvalue weighted by Gasteiger charge is -2.34. The van der Waals surface area contributed by atoms with Gasteiger partial charge < -0.3 is 14.8 Å². The quantitative estimate of drug-likeness (QED) is 0.854. The first-order chi connectivity index (χ1) is 14.0. The largest absolute Gasteiger partial charge is 0.497 e. The molecule has 29 heavy (non-hydrogen) atoms. The molecule has 0 unspecified atom stereocenters. The van der Waals surface area contributed by atoms with Crippen molar-refractivity contribution in [3.63, 3.8) is 0 Å². The molecule has 0 fully saturated rings. The zero-order valence-electron chi connectivity index (χ0n) is 16.3. The van der Waals surface area contributed by atoms with Crippen LogP contribution in [0, 0.1) is 5.82 Å². The van der Waals surface area contributed by atoms with Crippen LogP contribution in [0.1, 0.15) is 42.2 Å². The molecule has 0 radical (unpaired) electrons. The molecule has 1 aliphatic heterocycles. The number of rotatable bonds is 4. The number of ketones is 1. The Hall–Kier alpha value is -3.15. The van der Waals surface area contributed by atoms with Crippen molar-refractivity contribution in [2.45, 2.75) is 31.1 Å². The standard InChI is InChI=1S/C23H22FNO4/c1-28-16-6-7-21(29-2)17(11-16)14-9-19-23(20(26)10-14)18(12-22(27)25-19)13-4-3-5-15(24)8-13/h3-8,11,14,18H,9-10,12H2,1-2H3,(H,25,27)/t14-,18-/m0/s1. The molecule has 1 N–H and O–H groups in total. The molecular formula is C23H22FNO4. The zero-order valence-corrected chi connectivity index (χ0v) is 16.3. The number of halogens is 1. The second-order valence-corrected chi connectivity index (χ2v) is 7.39. The summed E-state index contributed by atoms with van der Waals surface area (Å²) in [4.78, 5) is 25.5. The number of methoxy groups -OCH3 is 2. The van der Waals surface area contributed by atoms with Crippen molar-refractivity contribution < 1.29 is 23.5 Å². The average molecular weight is 395 g/mol. The normalized spacial score (nSPS) is 21.5. The minimum atomic E-state index is -0.421. The van der Waals surface area contributed by atoms with E-state index in [9.17, 15) is 14.0 Å². The average Bonchev–Trinajstić information content (AvgIpc) is 2.72. The van der Waals surface area contributed by atoms with E-state index >= 15 is 0 Å². The van der Waals surface area contributed by atoms with Crippen molar-refractivity contribution in [1.29, 1.82) is 0 Å². The third-order valence-corrected chi connectivity index (χ3v) is 5.66. The van der Waals surface area contributed by atoms with Crippen molar-refractivity contribution in [3.05, 3.63) is 70.7 Å². The maximum atomic E-state index is 13.8. The highest BCUT2D eigenvalue weighted by atomic mass is 19.1. The summed E-state index contributed by atoms with van der Waals surface area (Å²) in [5.41, 5.74) is 2.74. The molecule has 0 saturated carbocycles. The number of allylic oxidation sites excluding steroid dienone is 2. The Balaban J connectivity index is 1.74. The van der Waals surface area contributed by atoms with Gasteiger partial charge in [0.1, 0.15) is 17.3 Å². The first-order valence-corrected chi connectivity index (χ1v) is 9.53. The van der Waals surface area contributed by atoms with Gasteiger partial charge in [-0.3, -0.25) is 9.59 Å². The van der Waals surface area contributed by atoms with Crippen molar-refractivity contribution in [2.75, 3.05) is 14.2 Å². The number of Topliss-reactive ketones (excluding diaryl/α,β-unsaturated/α-hetero) is 1. The van der Waals surface area contributed by atoms with Crippen LogP contribution in [0.2, 0.25) is 0 Å². The van der Waals surface area contributed by atoms with Crippen LogP contribution in [0.15, 0.2) is 53.7 Å². The van der Waals surface area contributed by atoms with Crippen LogP contribution in [0.4, 0.5) is 4.39 Å². The van der Waals surface area contributed by atoms with Gasteiger partial charge in [-0.25, -0.2) is 4.39 Å². The van der Waals surface area contributed by atoms with Crippen molar-refractivity contribution in [3.8, 4) is 11.5 Å². The molecule has 6 heteroatoms. The Morgan fingerprint density at radius 2 is 1.83 bits per heavy atom. The molecule has 1 aliphatic carbocycles. The first-order valence-electron chi connectivity index (χ1n) is 9.53. The maximum absolute atomic E-state index is 13.8. The predicted molar refractivity (Wildman–Crippen MR) is 105 cm³/mol. The Labute approximate surface area is 168 Å². The molecule has 150 valence electrons. The van der Waals surface area contributed by atoms with E-state index in [4.69, 9.17) is 9.47 Å². The zero-order chi connectivity index (χ0) is 20.5. The van der Waals surface area contributed by atoms with Gasteiger partial charge >= 0.3 is 0 Å². The number of hydrogen-bond acceptors (Lipinski definition) is 4. The molecule has 2 atom stereocenters. The number of hydrogen-bond donors (Lipinski definition) is 1. The van der Waals surface area contributed by atoms with Crippen LogP contribution in [0.3, 0.4) is 0 Å². The Kier molecular flexibility index (Phi) is 5.09. The lowest BCUT2D eigenvalue weighted by Crippen LogP contribution is -2.38. The lowest BCUT2D eigenvalue weighted by molar-refractivity contribution is -0.122. The summed E-state index contributed by atoms with van der Waals surface area (Å²) in [6.07, 6.45) is 0.938. The summed E-state index contributed by atoms with van der Waals surface area (Å²) in [6, 6.07) is 11.6. The number of amides is 1. The van der Waals surface area contributed by atoms with Crippen molar-refractivity contribution in [1.82, 2.24) is 5.32 Å². The summed E-state index contributed by atoms with van der Waals surface area (Å²) >= 11 is 0. The topological polar surface area (TPSA) is 64.6 Å². The van der Waals surface area contributed by atoms with Gasteiger partial charge in [0.2, 0.25) is 5.91 Å². The van der Waals surface area contributed by atoms with Gasteiger partial charge in [-0.1, -0.05) is 12.1 Å². The number of benzene rings is 2. The Bertz CT molecular complexity index is 1010. The van der Waals surface area contributed by atoms with Gasteiger partial charge in [-0.15, -0.1) is 0 Å². The number of ether oxygens (including phenoxy) is 2. The SMILES string of the molecule is COc1ccc(OC)c([C@@H]2CC(=O)C3=C(C2)NC(=O)C[C@H]3c2cccc(F)c2)c1. The molecule has 0 bridgehead atoms. The van der Waals surface area contributed by atoms with E-state index in [0.29, 0.717) is 41.2 Å². The van der Waals surface area contributed by atoms with Gasteiger partial charge in [-0.2, -0.15) is 0 Å². The van der Waals surface area contributed by atoms with Gasteiger partial charge in [-0.05, 0) is 42.3 Å². The van der Waals surface area contributed by atoms with Crippen LogP contribution >= 0.6 is 0 Å². The molecule has 2 aliphatic rings. The molecule has 2 aromatic rings. The van der Waals surface area contributed by atoms with Gasteiger partial charge in [0.05, 0.1) is 14.2 Å². The molecule has 5 nitrogen and oxygen atoms in total. The van der Waals surface area contributed by atoms with Gasteiger partial charge in [0.15, 0.2) is 5.78 Å². The van der Waals surface area contributed by atoms with Crippen LogP contribution < -0.4 is 14.8 Å². The molecule has 0 spiro atoms. The second kappa shape index (κ2) is 7.70. The van der Waals surface area contributed by atoms with E-state index in [-0.39, 0.29) is 29.8 Å². The van der Waals surface area contributed by atoms with Crippen LogP contribution in [0.25, 0.3) is 0 Å².